The largest absolute Gasteiger partial charge is 0.394 e. The van der Waals surface area contributed by atoms with Crippen molar-refractivity contribution in [2.24, 2.45) is 0 Å². The molecule has 0 rings (SSSR count). The van der Waals surface area contributed by atoms with Gasteiger partial charge in [0.05, 0.1) is 18.8 Å². The van der Waals surface area contributed by atoms with Gasteiger partial charge in [-0.1, -0.05) is 294 Å². The van der Waals surface area contributed by atoms with Gasteiger partial charge in [0, 0.05) is 0 Å². The van der Waals surface area contributed by atoms with E-state index in [2.05, 4.69) is 55.6 Å². The number of carbonyl (C=O) groups excluding carboxylic acids is 1. The molecule has 5 nitrogen and oxygen atoms in total. The molecule has 67 heavy (non-hydrogen) atoms. The molecule has 0 heterocycles. The zero-order valence-corrected chi connectivity index (χ0v) is 45.0. The maximum Gasteiger partial charge on any atom is 0.249 e. The van der Waals surface area contributed by atoms with Gasteiger partial charge in [0.25, 0.3) is 0 Å². The molecule has 1 amide bonds. The van der Waals surface area contributed by atoms with Crippen LogP contribution in [-0.2, 0) is 4.79 Å². The smallest absolute Gasteiger partial charge is 0.249 e. The van der Waals surface area contributed by atoms with E-state index in [9.17, 15) is 20.1 Å². The lowest BCUT2D eigenvalue weighted by atomic mass is 10.0. The Labute approximate surface area is 418 Å². The molecule has 4 N–H and O–H groups in total. The van der Waals surface area contributed by atoms with E-state index in [0.717, 1.165) is 44.9 Å². The van der Waals surface area contributed by atoms with E-state index in [1.165, 1.54) is 250 Å². The molecule has 0 saturated carbocycles. The van der Waals surface area contributed by atoms with Crippen LogP contribution in [0, 0.1) is 0 Å². The van der Waals surface area contributed by atoms with Crippen molar-refractivity contribution in [2.75, 3.05) is 6.61 Å². The van der Waals surface area contributed by atoms with Crippen LogP contribution in [0.2, 0.25) is 0 Å². The molecule has 0 aliphatic heterocycles. The van der Waals surface area contributed by atoms with Crippen LogP contribution in [0.25, 0.3) is 0 Å². The van der Waals surface area contributed by atoms with E-state index in [0.29, 0.717) is 6.42 Å². The van der Waals surface area contributed by atoms with Crippen LogP contribution in [0.3, 0.4) is 0 Å². The van der Waals surface area contributed by atoms with Crippen molar-refractivity contribution in [1.29, 1.82) is 0 Å². The third-order valence-corrected chi connectivity index (χ3v) is 13.9. The predicted molar refractivity (Wildman–Crippen MR) is 296 cm³/mol. The van der Waals surface area contributed by atoms with Crippen molar-refractivity contribution >= 4 is 5.91 Å². The Hall–Kier alpha value is -1.69. The quantitative estimate of drug-likeness (QED) is 0.0361. The van der Waals surface area contributed by atoms with Gasteiger partial charge < -0.3 is 20.6 Å². The average molecular weight is 941 g/mol. The van der Waals surface area contributed by atoms with E-state index in [1.54, 1.807) is 6.08 Å². The highest BCUT2D eigenvalue weighted by Crippen LogP contribution is 2.17. The summed E-state index contributed by atoms with van der Waals surface area (Å²) in [6.07, 6.45) is 76.4. The standard InChI is InChI=1S/C62H117NO4/c1-3-5-7-9-11-13-15-17-19-21-23-25-27-28-29-30-31-32-33-35-37-39-41-43-45-47-49-51-53-55-57-61(66)62(67)63-59(58-64)60(65)56-54-52-50-48-46-44-42-40-38-36-34-26-24-22-20-18-16-14-12-10-8-6-4-2/h28-29,38,40,46,48,54,56,59-61,64-66H,3-27,30-37,39,41-45,47,49-53,55,57-58H2,1-2H3,(H,63,67)/b29-28-,40-38+,48-46+,56-54+. The summed E-state index contributed by atoms with van der Waals surface area (Å²) in [4.78, 5) is 12.6. The van der Waals surface area contributed by atoms with E-state index >= 15 is 0 Å². The highest BCUT2D eigenvalue weighted by Gasteiger charge is 2.22. The second-order valence-electron chi connectivity index (χ2n) is 20.5. The number of rotatable bonds is 55. The van der Waals surface area contributed by atoms with Gasteiger partial charge >= 0.3 is 0 Å². The first-order chi connectivity index (χ1) is 33.1. The molecule has 0 saturated heterocycles. The minimum Gasteiger partial charge on any atom is -0.394 e. The number of nitrogens with one attached hydrogen (secondary N) is 1. The molecular formula is C62H117NO4. The van der Waals surface area contributed by atoms with Crippen molar-refractivity contribution in [1.82, 2.24) is 5.32 Å². The van der Waals surface area contributed by atoms with Crippen molar-refractivity contribution in [3.63, 3.8) is 0 Å². The van der Waals surface area contributed by atoms with Crippen LogP contribution in [-0.4, -0.2) is 46.1 Å². The third kappa shape index (κ3) is 52.0. The zero-order chi connectivity index (χ0) is 48.6. The molecule has 3 unspecified atom stereocenters. The molecule has 0 fully saturated rings. The number of allylic oxidation sites excluding steroid dienone is 7. The minimum absolute atomic E-state index is 0.381. The number of aliphatic hydroxyl groups excluding tert-OH is 3. The number of unbranched alkanes of at least 4 members (excludes halogenated alkanes) is 41. The first-order valence-electron chi connectivity index (χ1n) is 30.0. The Morgan fingerprint density at radius 2 is 0.612 bits per heavy atom. The van der Waals surface area contributed by atoms with Crippen molar-refractivity contribution in [2.45, 2.75) is 334 Å². The van der Waals surface area contributed by atoms with Crippen molar-refractivity contribution in [3.8, 4) is 0 Å². The maximum atomic E-state index is 12.6. The fraction of sp³-hybridized carbons (Fsp3) is 0.855. The fourth-order valence-electron chi connectivity index (χ4n) is 9.22. The lowest BCUT2D eigenvalue weighted by Crippen LogP contribution is -2.48. The monoisotopic (exact) mass is 940 g/mol. The van der Waals surface area contributed by atoms with Gasteiger partial charge in [-0.05, 0) is 70.6 Å². The molecule has 0 aromatic heterocycles. The number of amides is 1. The molecule has 0 aromatic carbocycles. The Morgan fingerprint density at radius 1 is 0.358 bits per heavy atom. The summed E-state index contributed by atoms with van der Waals surface area (Å²) in [5, 5.41) is 33.4. The lowest BCUT2D eigenvalue weighted by molar-refractivity contribution is -0.131. The van der Waals surface area contributed by atoms with Crippen LogP contribution < -0.4 is 5.32 Å². The highest BCUT2D eigenvalue weighted by molar-refractivity contribution is 5.80. The third-order valence-electron chi connectivity index (χ3n) is 13.9. The van der Waals surface area contributed by atoms with E-state index in [4.69, 9.17) is 0 Å². The Bertz CT molecular complexity index is 1080. The van der Waals surface area contributed by atoms with E-state index in [-0.39, 0.29) is 6.61 Å². The van der Waals surface area contributed by atoms with Gasteiger partial charge in [0.2, 0.25) is 5.91 Å². The van der Waals surface area contributed by atoms with Gasteiger partial charge in [-0.25, -0.2) is 0 Å². The number of aliphatic hydroxyl groups is 3. The van der Waals surface area contributed by atoms with Crippen LogP contribution in [0.4, 0.5) is 0 Å². The summed E-state index contributed by atoms with van der Waals surface area (Å²) in [6.45, 7) is 4.20. The first kappa shape index (κ1) is 65.3. The summed E-state index contributed by atoms with van der Waals surface area (Å²) < 4.78 is 0. The predicted octanol–water partition coefficient (Wildman–Crippen LogP) is 18.8. The molecule has 0 spiro atoms. The summed E-state index contributed by atoms with van der Waals surface area (Å²) in [5.41, 5.74) is 0. The topological polar surface area (TPSA) is 89.8 Å². The molecule has 0 radical (unpaired) electrons. The molecule has 0 aromatic rings. The SMILES string of the molecule is CCCCCCCCCCCCCC/C=C\CCCCCCCCCCCCCCCCC(O)C(=O)NC(CO)C(O)/C=C/CC/C=C/CC/C=C/CCCCCCCCCCCCCCC. The van der Waals surface area contributed by atoms with Crippen LogP contribution in [0.15, 0.2) is 48.6 Å². The van der Waals surface area contributed by atoms with Crippen molar-refractivity contribution < 1.29 is 20.1 Å². The summed E-state index contributed by atoms with van der Waals surface area (Å²) >= 11 is 0. The average Bonchev–Trinajstić information content (AvgIpc) is 3.33. The van der Waals surface area contributed by atoms with Crippen molar-refractivity contribution in [3.05, 3.63) is 48.6 Å². The van der Waals surface area contributed by atoms with Crippen LogP contribution in [0.5, 0.6) is 0 Å². The normalized spacial score (nSPS) is 13.6. The zero-order valence-electron chi connectivity index (χ0n) is 45.0. The number of carbonyl (C=O) groups is 1. The maximum absolute atomic E-state index is 12.6. The molecule has 0 aliphatic carbocycles. The lowest BCUT2D eigenvalue weighted by Gasteiger charge is -2.21. The van der Waals surface area contributed by atoms with Gasteiger partial charge in [-0.2, -0.15) is 0 Å². The van der Waals surface area contributed by atoms with Crippen LogP contribution in [0.1, 0.15) is 316 Å². The van der Waals surface area contributed by atoms with E-state index < -0.39 is 24.2 Å². The molecule has 0 bridgehead atoms. The number of hydrogen-bond donors (Lipinski definition) is 4. The second kappa shape index (κ2) is 56.9. The van der Waals surface area contributed by atoms with Gasteiger partial charge in [0.15, 0.2) is 0 Å². The van der Waals surface area contributed by atoms with Gasteiger partial charge in [-0.15, -0.1) is 0 Å². The van der Waals surface area contributed by atoms with Gasteiger partial charge in [-0.3, -0.25) is 4.79 Å². The molecule has 3 atom stereocenters. The van der Waals surface area contributed by atoms with Gasteiger partial charge in [0.1, 0.15) is 6.10 Å². The highest BCUT2D eigenvalue weighted by atomic mass is 16.3. The summed E-state index contributed by atoms with van der Waals surface area (Å²) in [7, 11) is 0. The Morgan fingerprint density at radius 3 is 0.910 bits per heavy atom. The van der Waals surface area contributed by atoms with E-state index in [1.807, 2.05) is 6.08 Å². The number of hydrogen-bond acceptors (Lipinski definition) is 4. The Kier molecular flexibility index (Phi) is 55.5. The molecule has 5 heteroatoms. The van der Waals surface area contributed by atoms with Crippen LogP contribution >= 0.6 is 0 Å². The molecular weight excluding hydrogens is 823 g/mol. The molecule has 394 valence electrons. The molecule has 0 aliphatic rings. The Balaban J connectivity index is 3.60. The summed E-state index contributed by atoms with van der Waals surface area (Å²) in [5.74, 6) is -0.514. The first-order valence-corrected chi connectivity index (χ1v) is 30.0. The minimum atomic E-state index is -1.11. The summed E-state index contributed by atoms with van der Waals surface area (Å²) in [6, 6.07) is -0.823. The fourth-order valence-corrected chi connectivity index (χ4v) is 9.22. The second-order valence-corrected chi connectivity index (χ2v) is 20.5.